The van der Waals surface area contributed by atoms with E-state index >= 15 is 0 Å². The van der Waals surface area contributed by atoms with Crippen molar-refractivity contribution in [2.45, 2.75) is 52.8 Å². The number of amides is 1. The van der Waals surface area contributed by atoms with Gasteiger partial charge in [-0.05, 0) is 50.5 Å². The molecule has 1 heterocycles. The topological polar surface area (TPSA) is 67.6 Å². The number of hydrogen-bond donors (Lipinski definition) is 1. The van der Waals surface area contributed by atoms with Crippen LogP contribution in [0.2, 0.25) is 0 Å². The largest absolute Gasteiger partial charge is 0.385 e. The van der Waals surface area contributed by atoms with Crippen molar-refractivity contribution in [2.75, 3.05) is 18.6 Å². The molecule has 2 atom stereocenters. The van der Waals surface area contributed by atoms with E-state index < -0.39 is 6.10 Å². The lowest BCUT2D eigenvalue weighted by Gasteiger charge is -2.32. The molecule has 0 fully saturated rings. The standard InChI is InChI=1S/C24H31N3O3/c1-6-19-11-9-10-16(2)23(19)27(17(3)15-30-5)22(29)14-26-21-13-8-7-12-20(21)25-24(26)18(4)28/h7-13,17-18,28H,6,14-15H2,1-5H3/t17-,18-/m1/s1. The summed E-state index contributed by atoms with van der Waals surface area (Å²) < 4.78 is 7.20. The Balaban J connectivity index is 2.08. The molecule has 0 unspecified atom stereocenters. The van der Waals surface area contributed by atoms with Gasteiger partial charge in [-0.3, -0.25) is 4.79 Å². The van der Waals surface area contributed by atoms with Gasteiger partial charge >= 0.3 is 0 Å². The monoisotopic (exact) mass is 409 g/mol. The van der Waals surface area contributed by atoms with E-state index in [0.29, 0.717) is 12.4 Å². The summed E-state index contributed by atoms with van der Waals surface area (Å²) in [4.78, 5) is 20.1. The average molecular weight is 410 g/mol. The first-order valence-corrected chi connectivity index (χ1v) is 10.4. The number of aromatic nitrogens is 2. The number of anilines is 1. The highest BCUT2D eigenvalue weighted by molar-refractivity contribution is 5.96. The number of aliphatic hydroxyl groups excluding tert-OH is 1. The number of ether oxygens (including phenoxy) is 1. The second kappa shape index (κ2) is 9.41. The van der Waals surface area contributed by atoms with Crippen molar-refractivity contribution in [3.63, 3.8) is 0 Å². The Morgan fingerprint density at radius 1 is 1.20 bits per heavy atom. The Kier molecular flexibility index (Phi) is 6.90. The van der Waals surface area contributed by atoms with E-state index in [0.717, 1.165) is 34.3 Å². The second-order valence-electron chi connectivity index (χ2n) is 7.73. The minimum absolute atomic E-state index is 0.0615. The molecule has 0 spiro atoms. The molecular formula is C24H31N3O3. The van der Waals surface area contributed by atoms with Gasteiger partial charge in [0.25, 0.3) is 0 Å². The number of imidazole rings is 1. The van der Waals surface area contributed by atoms with Gasteiger partial charge < -0.3 is 19.3 Å². The number of nitrogens with zero attached hydrogens (tertiary/aromatic N) is 3. The van der Waals surface area contributed by atoms with Crippen molar-refractivity contribution in [3.8, 4) is 0 Å². The lowest BCUT2D eigenvalue weighted by molar-refractivity contribution is -0.119. The van der Waals surface area contributed by atoms with E-state index in [4.69, 9.17) is 4.74 Å². The Morgan fingerprint density at radius 2 is 1.93 bits per heavy atom. The highest BCUT2D eigenvalue weighted by atomic mass is 16.5. The number of fused-ring (bicyclic) bond motifs is 1. The average Bonchev–Trinajstić information content (AvgIpc) is 3.08. The number of benzene rings is 2. The van der Waals surface area contributed by atoms with E-state index in [-0.39, 0.29) is 18.5 Å². The summed E-state index contributed by atoms with van der Waals surface area (Å²) in [5, 5.41) is 10.3. The number of aliphatic hydroxyl groups is 1. The molecule has 1 N–H and O–H groups in total. The number of carbonyl (C=O) groups is 1. The Hall–Kier alpha value is -2.70. The minimum atomic E-state index is -0.778. The third kappa shape index (κ3) is 4.25. The molecule has 0 saturated heterocycles. The van der Waals surface area contributed by atoms with Crippen LogP contribution >= 0.6 is 0 Å². The van der Waals surface area contributed by atoms with Crippen LogP contribution in [-0.4, -0.2) is 40.3 Å². The maximum absolute atomic E-state index is 13.7. The molecule has 0 saturated carbocycles. The normalized spacial score (nSPS) is 13.4. The fraction of sp³-hybridized carbons (Fsp3) is 0.417. The van der Waals surface area contributed by atoms with Crippen LogP contribution in [-0.2, 0) is 22.5 Å². The van der Waals surface area contributed by atoms with Gasteiger partial charge in [0.15, 0.2) is 0 Å². The maximum Gasteiger partial charge on any atom is 0.247 e. The molecule has 1 amide bonds. The molecule has 0 bridgehead atoms. The second-order valence-corrected chi connectivity index (χ2v) is 7.73. The molecule has 0 aliphatic rings. The van der Waals surface area contributed by atoms with Gasteiger partial charge in [0.1, 0.15) is 18.5 Å². The van der Waals surface area contributed by atoms with Crippen LogP contribution in [0.5, 0.6) is 0 Å². The molecule has 30 heavy (non-hydrogen) atoms. The molecule has 3 rings (SSSR count). The molecule has 2 aromatic carbocycles. The number of carbonyl (C=O) groups excluding carboxylic acids is 1. The summed E-state index contributed by atoms with van der Waals surface area (Å²) in [6.07, 6.45) is 0.0488. The summed E-state index contributed by atoms with van der Waals surface area (Å²) in [7, 11) is 1.65. The summed E-state index contributed by atoms with van der Waals surface area (Å²) in [5.74, 6) is 0.429. The fourth-order valence-corrected chi connectivity index (χ4v) is 4.05. The van der Waals surface area contributed by atoms with Gasteiger partial charge in [-0.15, -0.1) is 0 Å². The highest BCUT2D eigenvalue weighted by Gasteiger charge is 2.27. The first-order chi connectivity index (χ1) is 14.4. The zero-order valence-electron chi connectivity index (χ0n) is 18.4. The lowest BCUT2D eigenvalue weighted by Crippen LogP contribution is -2.44. The highest BCUT2D eigenvalue weighted by Crippen LogP contribution is 2.29. The molecule has 6 heteroatoms. The van der Waals surface area contributed by atoms with Crippen molar-refractivity contribution in [1.29, 1.82) is 0 Å². The molecule has 6 nitrogen and oxygen atoms in total. The van der Waals surface area contributed by atoms with Gasteiger partial charge in [0.2, 0.25) is 5.91 Å². The van der Waals surface area contributed by atoms with E-state index in [9.17, 15) is 9.90 Å². The smallest absolute Gasteiger partial charge is 0.247 e. The van der Waals surface area contributed by atoms with Crippen molar-refractivity contribution in [1.82, 2.24) is 9.55 Å². The van der Waals surface area contributed by atoms with Gasteiger partial charge in [-0.1, -0.05) is 37.3 Å². The van der Waals surface area contributed by atoms with Gasteiger partial charge in [0, 0.05) is 7.11 Å². The Morgan fingerprint density at radius 3 is 2.60 bits per heavy atom. The van der Waals surface area contributed by atoms with Crippen molar-refractivity contribution >= 4 is 22.6 Å². The van der Waals surface area contributed by atoms with Crippen LogP contribution in [0.3, 0.4) is 0 Å². The number of rotatable bonds is 8. The van der Waals surface area contributed by atoms with Crippen molar-refractivity contribution in [3.05, 3.63) is 59.4 Å². The summed E-state index contributed by atoms with van der Waals surface area (Å²) >= 11 is 0. The predicted molar refractivity (Wildman–Crippen MR) is 120 cm³/mol. The van der Waals surface area contributed by atoms with E-state index in [1.807, 2.05) is 59.7 Å². The first kappa shape index (κ1) is 22.0. The van der Waals surface area contributed by atoms with Gasteiger partial charge in [-0.2, -0.15) is 0 Å². The SMILES string of the molecule is CCc1cccc(C)c1N(C(=O)Cn1c([C@@H](C)O)nc2ccccc21)[C@H](C)COC. The first-order valence-electron chi connectivity index (χ1n) is 10.4. The summed E-state index contributed by atoms with van der Waals surface area (Å²) in [6.45, 7) is 8.31. The van der Waals surface area contributed by atoms with Crippen LogP contribution in [0.1, 0.15) is 43.8 Å². The fourth-order valence-electron chi connectivity index (χ4n) is 4.05. The molecule has 0 aliphatic carbocycles. The molecular weight excluding hydrogens is 378 g/mol. The third-order valence-electron chi connectivity index (χ3n) is 5.41. The van der Waals surface area contributed by atoms with E-state index in [1.54, 1.807) is 14.0 Å². The molecule has 0 aliphatic heterocycles. The van der Waals surface area contributed by atoms with Crippen LogP contribution in [0, 0.1) is 6.92 Å². The number of methoxy groups -OCH3 is 1. The third-order valence-corrected chi connectivity index (χ3v) is 5.41. The van der Waals surface area contributed by atoms with Crippen LogP contribution in [0.15, 0.2) is 42.5 Å². The zero-order valence-corrected chi connectivity index (χ0v) is 18.4. The molecule has 1 aromatic heterocycles. The van der Waals surface area contributed by atoms with E-state index in [1.165, 1.54) is 0 Å². The summed E-state index contributed by atoms with van der Waals surface area (Å²) in [5.41, 5.74) is 4.72. The number of para-hydroxylation sites is 3. The Bertz CT molecular complexity index is 1030. The predicted octanol–water partition coefficient (Wildman–Crippen LogP) is 4.03. The van der Waals surface area contributed by atoms with Gasteiger partial charge in [-0.25, -0.2) is 4.98 Å². The van der Waals surface area contributed by atoms with Crippen molar-refractivity contribution in [2.24, 2.45) is 0 Å². The number of aryl methyl sites for hydroxylation is 2. The van der Waals surface area contributed by atoms with E-state index in [2.05, 4.69) is 18.0 Å². The van der Waals surface area contributed by atoms with Crippen LogP contribution < -0.4 is 4.90 Å². The minimum Gasteiger partial charge on any atom is -0.385 e. The zero-order chi connectivity index (χ0) is 21.8. The molecule has 3 aromatic rings. The molecule has 160 valence electrons. The quantitative estimate of drug-likeness (QED) is 0.610. The van der Waals surface area contributed by atoms with Crippen LogP contribution in [0.4, 0.5) is 5.69 Å². The Labute approximate surface area is 178 Å². The van der Waals surface area contributed by atoms with Gasteiger partial charge in [0.05, 0.1) is 29.4 Å². The maximum atomic E-state index is 13.7. The van der Waals surface area contributed by atoms with Crippen molar-refractivity contribution < 1.29 is 14.6 Å². The summed E-state index contributed by atoms with van der Waals surface area (Å²) in [6, 6.07) is 13.6. The lowest BCUT2D eigenvalue weighted by atomic mass is 10.0. The number of hydrogen-bond acceptors (Lipinski definition) is 4. The molecule has 0 radical (unpaired) electrons. The van der Waals surface area contributed by atoms with Crippen LogP contribution in [0.25, 0.3) is 11.0 Å².